The van der Waals surface area contributed by atoms with Crippen LogP contribution in [0.4, 0.5) is 13.2 Å². The van der Waals surface area contributed by atoms with Gasteiger partial charge in [0, 0.05) is 19.5 Å². The molecule has 3 nitrogen and oxygen atoms in total. The molecule has 6 heteroatoms. The zero-order valence-corrected chi connectivity index (χ0v) is 10.4. The second-order valence-corrected chi connectivity index (χ2v) is 4.07. The van der Waals surface area contributed by atoms with Crippen molar-refractivity contribution < 1.29 is 23.1 Å². The van der Waals surface area contributed by atoms with Crippen molar-refractivity contribution in [2.45, 2.75) is 12.8 Å². The average Bonchev–Trinajstić information content (AvgIpc) is 2.36. The summed E-state index contributed by atoms with van der Waals surface area (Å²) in [6.45, 7) is -0.640. The van der Waals surface area contributed by atoms with Crippen LogP contribution >= 0.6 is 0 Å². The first kappa shape index (κ1) is 15.7. The number of carbonyl (C=O) groups is 1. The highest BCUT2D eigenvalue weighted by molar-refractivity contribution is 5.96. The van der Waals surface area contributed by atoms with Crippen LogP contribution in [0.2, 0.25) is 0 Å². The number of alkyl halides is 2. The number of nitrogens with zero attached hydrogens (tertiary/aromatic N) is 1. The SMILES string of the molecule is O=C(CCN(CCO)CC(F)F)c1ccccc1F. The molecule has 1 rings (SSSR count). The van der Waals surface area contributed by atoms with E-state index in [0.29, 0.717) is 0 Å². The van der Waals surface area contributed by atoms with Crippen LogP contribution in [0.15, 0.2) is 24.3 Å². The van der Waals surface area contributed by atoms with Gasteiger partial charge < -0.3 is 5.11 Å². The molecule has 0 unspecified atom stereocenters. The molecule has 106 valence electrons. The lowest BCUT2D eigenvalue weighted by atomic mass is 10.1. The van der Waals surface area contributed by atoms with Crippen LogP contribution < -0.4 is 0 Å². The fraction of sp³-hybridized carbons (Fsp3) is 0.462. The van der Waals surface area contributed by atoms with Crippen molar-refractivity contribution in [3.05, 3.63) is 35.6 Å². The molecule has 0 saturated carbocycles. The Morgan fingerprint density at radius 3 is 2.53 bits per heavy atom. The maximum Gasteiger partial charge on any atom is 0.251 e. The monoisotopic (exact) mass is 275 g/mol. The van der Waals surface area contributed by atoms with Crippen LogP contribution in [0.5, 0.6) is 0 Å². The second-order valence-electron chi connectivity index (χ2n) is 4.07. The Bertz CT molecular complexity index is 413. The summed E-state index contributed by atoms with van der Waals surface area (Å²) in [6, 6.07) is 5.56. The minimum Gasteiger partial charge on any atom is -0.395 e. The molecule has 0 amide bonds. The summed E-state index contributed by atoms with van der Waals surface area (Å²) < 4.78 is 37.8. The van der Waals surface area contributed by atoms with E-state index >= 15 is 0 Å². The van der Waals surface area contributed by atoms with Crippen molar-refractivity contribution in [1.29, 1.82) is 0 Å². The fourth-order valence-electron chi connectivity index (χ4n) is 1.71. The third-order valence-corrected chi connectivity index (χ3v) is 2.64. The maximum atomic E-state index is 13.3. The molecule has 0 radical (unpaired) electrons. The summed E-state index contributed by atoms with van der Waals surface area (Å²) in [6.07, 6.45) is -2.59. The number of benzene rings is 1. The highest BCUT2D eigenvalue weighted by atomic mass is 19.3. The normalized spacial score (nSPS) is 11.3. The molecule has 1 aromatic carbocycles. The molecule has 0 aliphatic carbocycles. The number of aliphatic hydroxyl groups excluding tert-OH is 1. The topological polar surface area (TPSA) is 40.5 Å². The number of rotatable bonds is 8. The quantitative estimate of drug-likeness (QED) is 0.737. The average molecular weight is 275 g/mol. The fourth-order valence-corrected chi connectivity index (χ4v) is 1.71. The number of aliphatic hydroxyl groups is 1. The summed E-state index contributed by atoms with van der Waals surface area (Å²) in [5, 5.41) is 8.74. The van der Waals surface area contributed by atoms with Crippen LogP contribution in [-0.2, 0) is 0 Å². The highest BCUT2D eigenvalue weighted by Crippen LogP contribution is 2.10. The molecule has 0 aliphatic rings. The molecule has 0 spiro atoms. The number of hydrogen-bond donors (Lipinski definition) is 1. The Hall–Kier alpha value is -1.40. The Morgan fingerprint density at radius 2 is 1.95 bits per heavy atom. The predicted molar refractivity (Wildman–Crippen MR) is 64.9 cm³/mol. The largest absolute Gasteiger partial charge is 0.395 e. The van der Waals surface area contributed by atoms with E-state index in [9.17, 15) is 18.0 Å². The summed E-state index contributed by atoms with van der Waals surface area (Å²) in [7, 11) is 0. The van der Waals surface area contributed by atoms with Gasteiger partial charge in [-0.05, 0) is 12.1 Å². The van der Waals surface area contributed by atoms with Crippen molar-refractivity contribution in [2.24, 2.45) is 0 Å². The van der Waals surface area contributed by atoms with Gasteiger partial charge in [0.2, 0.25) is 0 Å². The summed E-state index contributed by atoms with van der Waals surface area (Å²) in [5.41, 5.74) is -0.0384. The third kappa shape index (κ3) is 5.40. The van der Waals surface area contributed by atoms with E-state index in [1.807, 2.05) is 0 Å². The molecule has 19 heavy (non-hydrogen) atoms. The van der Waals surface area contributed by atoms with E-state index in [4.69, 9.17) is 5.11 Å². The standard InChI is InChI=1S/C13H16F3NO2/c14-11-4-2-1-3-10(11)12(19)5-6-17(7-8-18)9-13(15)16/h1-4,13,18H,5-9H2. The van der Waals surface area contributed by atoms with Gasteiger partial charge in [0.15, 0.2) is 5.78 Å². The van der Waals surface area contributed by atoms with Gasteiger partial charge in [-0.3, -0.25) is 9.69 Å². The van der Waals surface area contributed by atoms with Crippen LogP contribution in [0.3, 0.4) is 0 Å². The summed E-state index contributed by atoms with van der Waals surface area (Å²) >= 11 is 0. The van der Waals surface area contributed by atoms with E-state index in [0.717, 1.165) is 0 Å². The summed E-state index contributed by atoms with van der Waals surface area (Å²) in [5.74, 6) is -1.05. The van der Waals surface area contributed by atoms with E-state index in [-0.39, 0.29) is 31.7 Å². The molecule has 0 heterocycles. The predicted octanol–water partition coefficient (Wildman–Crippen LogP) is 1.96. The Kier molecular flexibility index (Phi) is 6.52. The van der Waals surface area contributed by atoms with E-state index < -0.39 is 24.6 Å². The minimum atomic E-state index is -2.53. The van der Waals surface area contributed by atoms with Crippen LogP contribution in [0.1, 0.15) is 16.8 Å². The Morgan fingerprint density at radius 1 is 1.26 bits per heavy atom. The molecule has 0 fully saturated rings. The number of Topliss-reactive ketones (excluding diaryl/α,β-unsaturated/α-hetero) is 1. The number of carbonyl (C=O) groups excluding carboxylic acids is 1. The molecule has 1 N–H and O–H groups in total. The van der Waals surface area contributed by atoms with Crippen LogP contribution in [0.25, 0.3) is 0 Å². The van der Waals surface area contributed by atoms with Crippen molar-refractivity contribution >= 4 is 5.78 Å². The Balaban J connectivity index is 2.54. The molecule has 0 saturated heterocycles. The molecule has 0 aliphatic heterocycles. The van der Waals surface area contributed by atoms with Crippen molar-refractivity contribution in [3.63, 3.8) is 0 Å². The highest BCUT2D eigenvalue weighted by Gasteiger charge is 2.15. The molecule has 1 aromatic rings. The van der Waals surface area contributed by atoms with Gasteiger partial charge in [-0.15, -0.1) is 0 Å². The molecule has 0 atom stereocenters. The van der Waals surface area contributed by atoms with Gasteiger partial charge >= 0.3 is 0 Å². The molecule has 0 aromatic heterocycles. The molecular formula is C13H16F3NO2. The van der Waals surface area contributed by atoms with Crippen LogP contribution in [0, 0.1) is 5.82 Å². The van der Waals surface area contributed by atoms with Gasteiger partial charge in [-0.2, -0.15) is 0 Å². The molecule has 0 bridgehead atoms. The first-order valence-electron chi connectivity index (χ1n) is 5.93. The Labute approximate surface area is 109 Å². The minimum absolute atomic E-state index is 0.0384. The maximum absolute atomic E-state index is 13.3. The van der Waals surface area contributed by atoms with Gasteiger partial charge in [0.1, 0.15) is 5.82 Å². The van der Waals surface area contributed by atoms with Crippen molar-refractivity contribution in [3.8, 4) is 0 Å². The molecular weight excluding hydrogens is 259 g/mol. The zero-order chi connectivity index (χ0) is 14.3. The second kappa shape index (κ2) is 7.91. The number of hydrogen-bond acceptors (Lipinski definition) is 3. The lowest BCUT2D eigenvalue weighted by Crippen LogP contribution is -2.33. The van der Waals surface area contributed by atoms with E-state index in [1.165, 1.54) is 23.1 Å². The number of halogens is 3. The van der Waals surface area contributed by atoms with E-state index in [1.54, 1.807) is 6.07 Å². The number of ketones is 1. The van der Waals surface area contributed by atoms with Gasteiger partial charge in [0.25, 0.3) is 6.43 Å². The smallest absolute Gasteiger partial charge is 0.251 e. The van der Waals surface area contributed by atoms with Gasteiger partial charge in [-0.25, -0.2) is 13.2 Å². The van der Waals surface area contributed by atoms with E-state index in [2.05, 4.69) is 0 Å². The zero-order valence-electron chi connectivity index (χ0n) is 10.4. The van der Waals surface area contributed by atoms with Crippen molar-refractivity contribution in [1.82, 2.24) is 4.90 Å². The first-order chi connectivity index (χ1) is 9.04. The van der Waals surface area contributed by atoms with Gasteiger partial charge in [-0.1, -0.05) is 12.1 Å². The van der Waals surface area contributed by atoms with Crippen LogP contribution in [-0.4, -0.2) is 48.5 Å². The third-order valence-electron chi connectivity index (χ3n) is 2.64. The lowest BCUT2D eigenvalue weighted by Gasteiger charge is -2.20. The summed E-state index contributed by atoms with van der Waals surface area (Å²) in [4.78, 5) is 13.0. The van der Waals surface area contributed by atoms with Crippen molar-refractivity contribution in [2.75, 3.05) is 26.2 Å². The first-order valence-corrected chi connectivity index (χ1v) is 5.93. The van der Waals surface area contributed by atoms with Gasteiger partial charge in [0.05, 0.1) is 18.7 Å². The lowest BCUT2D eigenvalue weighted by molar-refractivity contribution is 0.0731.